The topological polar surface area (TPSA) is 234 Å². The van der Waals surface area contributed by atoms with E-state index in [1.54, 1.807) is 6.26 Å². The number of rotatable bonds is 15. The highest BCUT2D eigenvalue weighted by Gasteiger charge is 2.31. The number of aromatic hydroxyl groups is 1. The molecule has 0 spiro atoms. The maximum absolute atomic E-state index is 13.0. The van der Waals surface area contributed by atoms with Gasteiger partial charge in [-0.25, -0.2) is 4.79 Å². The molecule has 0 heterocycles. The van der Waals surface area contributed by atoms with Gasteiger partial charge in [0.05, 0.1) is 12.5 Å². The van der Waals surface area contributed by atoms with Gasteiger partial charge in [0.25, 0.3) is 0 Å². The van der Waals surface area contributed by atoms with Crippen LogP contribution in [-0.2, 0) is 30.4 Å². The highest BCUT2D eigenvalue weighted by Crippen LogP contribution is 2.12. The van der Waals surface area contributed by atoms with Crippen LogP contribution in [0.4, 0.5) is 0 Å². The number of aliphatic hydroxyl groups excluding tert-OH is 1. The van der Waals surface area contributed by atoms with Crippen LogP contribution in [0.2, 0.25) is 0 Å². The second-order valence-corrected chi connectivity index (χ2v) is 9.10. The van der Waals surface area contributed by atoms with Crippen LogP contribution in [0.5, 0.6) is 5.75 Å². The summed E-state index contributed by atoms with van der Waals surface area (Å²) in [5, 5.41) is 35.5. The Balaban J connectivity index is 3.16. The van der Waals surface area contributed by atoms with Crippen LogP contribution < -0.4 is 27.4 Å². The van der Waals surface area contributed by atoms with Gasteiger partial charge in [0, 0.05) is 6.42 Å². The zero-order chi connectivity index (χ0) is 27.4. The van der Waals surface area contributed by atoms with E-state index in [0.29, 0.717) is 11.3 Å². The molecule has 5 unspecified atom stereocenters. The number of carboxylic acid groups (broad SMARTS) is 1. The van der Waals surface area contributed by atoms with Gasteiger partial charge in [-0.2, -0.15) is 11.8 Å². The summed E-state index contributed by atoms with van der Waals surface area (Å²) < 4.78 is 0. The van der Waals surface area contributed by atoms with Crippen LogP contribution >= 0.6 is 11.8 Å². The van der Waals surface area contributed by atoms with E-state index in [2.05, 4.69) is 16.0 Å². The minimum absolute atomic E-state index is 0.0227. The maximum Gasteiger partial charge on any atom is 0.326 e. The minimum atomic E-state index is -1.51. The van der Waals surface area contributed by atoms with E-state index in [-0.39, 0.29) is 18.6 Å². The summed E-state index contributed by atoms with van der Waals surface area (Å²) in [4.78, 5) is 61.3. The van der Waals surface area contributed by atoms with Gasteiger partial charge in [-0.15, -0.1) is 0 Å². The molecule has 1 rings (SSSR count). The van der Waals surface area contributed by atoms with Gasteiger partial charge in [-0.05, 0) is 43.0 Å². The highest BCUT2D eigenvalue weighted by atomic mass is 32.2. The smallest absolute Gasteiger partial charge is 0.326 e. The summed E-state index contributed by atoms with van der Waals surface area (Å²) in [7, 11) is 0. The van der Waals surface area contributed by atoms with Crippen LogP contribution in [-0.4, -0.2) is 87.2 Å². The molecule has 10 N–H and O–H groups in total. The lowest BCUT2D eigenvalue weighted by Crippen LogP contribution is -2.59. The number of carbonyl (C=O) groups excluding carboxylic acids is 4. The maximum atomic E-state index is 13.0. The van der Waals surface area contributed by atoms with Crippen molar-refractivity contribution in [3.63, 3.8) is 0 Å². The van der Waals surface area contributed by atoms with Gasteiger partial charge >= 0.3 is 5.97 Å². The fraction of sp³-hybridized carbons (Fsp3) is 0.500. The van der Waals surface area contributed by atoms with Crippen LogP contribution in [0.1, 0.15) is 25.3 Å². The number of thioether (sulfide) groups is 1. The van der Waals surface area contributed by atoms with E-state index >= 15 is 0 Å². The largest absolute Gasteiger partial charge is 0.508 e. The molecule has 1 aromatic rings. The molecule has 4 amide bonds. The number of nitrogens with two attached hydrogens (primary N) is 2. The number of hydrogen-bond donors (Lipinski definition) is 8. The Morgan fingerprint density at radius 3 is 1.97 bits per heavy atom. The molecule has 0 saturated carbocycles. The number of aliphatic hydroxyl groups is 1. The van der Waals surface area contributed by atoms with Crippen molar-refractivity contribution in [2.45, 2.75) is 56.5 Å². The van der Waals surface area contributed by atoms with Crippen molar-refractivity contribution in [2.24, 2.45) is 11.5 Å². The lowest BCUT2D eigenvalue weighted by atomic mass is 10.0. The van der Waals surface area contributed by atoms with Crippen LogP contribution in [0.25, 0.3) is 0 Å². The molecule has 0 aromatic heterocycles. The van der Waals surface area contributed by atoms with Crippen molar-refractivity contribution in [1.82, 2.24) is 16.0 Å². The number of primary amides is 1. The average molecular weight is 528 g/mol. The van der Waals surface area contributed by atoms with Crippen molar-refractivity contribution in [2.75, 3.05) is 12.0 Å². The molecule has 5 atom stereocenters. The molecule has 0 radical (unpaired) electrons. The summed E-state index contributed by atoms with van der Waals surface area (Å²) in [6.45, 7) is 1.27. The summed E-state index contributed by atoms with van der Waals surface area (Å²) in [6.07, 6.45) is -0.0462. The van der Waals surface area contributed by atoms with E-state index in [9.17, 15) is 39.3 Å². The van der Waals surface area contributed by atoms with Gasteiger partial charge in [0.15, 0.2) is 0 Å². The zero-order valence-corrected chi connectivity index (χ0v) is 20.8. The zero-order valence-electron chi connectivity index (χ0n) is 20.0. The number of aliphatic carboxylic acids is 1. The third-order valence-electron chi connectivity index (χ3n) is 5.10. The summed E-state index contributed by atoms with van der Waals surface area (Å²) in [5.41, 5.74) is 11.3. The molecule has 0 aliphatic carbocycles. The van der Waals surface area contributed by atoms with Crippen molar-refractivity contribution >= 4 is 41.4 Å². The number of amides is 4. The van der Waals surface area contributed by atoms with E-state index < -0.39 is 66.3 Å². The average Bonchev–Trinajstić information content (AvgIpc) is 2.80. The normalized spacial score (nSPS) is 15.0. The summed E-state index contributed by atoms with van der Waals surface area (Å²) in [6, 6.07) is 0.336. The first-order valence-corrected chi connectivity index (χ1v) is 12.4. The molecule has 36 heavy (non-hydrogen) atoms. The molecule has 0 aliphatic heterocycles. The Morgan fingerprint density at radius 1 is 0.944 bits per heavy atom. The molecule has 14 heteroatoms. The number of phenolic OH excluding ortho intramolecular Hbond substituents is 1. The number of hydrogen-bond acceptors (Lipinski definition) is 9. The number of carboxylic acids is 1. The first-order chi connectivity index (χ1) is 16.8. The Hall–Kier alpha value is -3.36. The number of carbonyl (C=O) groups is 5. The molecule has 0 aliphatic rings. The van der Waals surface area contributed by atoms with Crippen molar-refractivity contribution < 1.29 is 39.3 Å². The SMILES string of the molecule is CSCCC(NC(=O)C(Cc1ccc(O)cc1)NC(=O)C(CC(N)=O)NC(=O)C(N)C(C)O)C(=O)O. The number of nitrogens with one attached hydrogen (secondary N) is 3. The second kappa shape index (κ2) is 14.9. The van der Waals surface area contributed by atoms with Gasteiger partial charge in [0.2, 0.25) is 23.6 Å². The molecule has 13 nitrogen and oxygen atoms in total. The van der Waals surface area contributed by atoms with E-state index in [0.717, 1.165) is 0 Å². The van der Waals surface area contributed by atoms with Crippen LogP contribution in [0, 0.1) is 0 Å². The molecule has 0 bridgehead atoms. The van der Waals surface area contributed by atoms with Crippen LogP contribution in [0.3, 0.4) is 0 Å². The Morgan fingerprint density at radius 2 is 1.47 bits per heavy atom. The van der Waals surface area contributed by atoms with E-state index in [1.807, 2.05) is 0 Å². The first-order valence-electron chi connectivity index (χ1n) is 11.0. The summed E-state index contributed by atoms with van der Waals surface area (Å²) >= 11 is 1.40. The van der Waals surface area contributed by atoms with Crippen LogP contribution in [0.15, 0.2) is 24.3 Å². The Kier molecular flexibility index (Phi) is 12.7. The fourth-order valence-corrected chi connectivity index (χ4v) is 3.48. The van der Waals surface area contributed by atoms with E-state index in [1.165, 1.54) is 43.0 Å². The highest BCUT2D eigenvalue weighted by molar-refractivity contribution is 7.98. The van der Waals surface area contributed by atoms with Gasteiger partial charge in [-0.3, -0.25) is 19.2 Å². The van der Waals surface area contributed by atoms with Gasteiger partial charge in [-0.1, -0.05) is 12.1 Å². The van der Waals surface area contributed by atoms with E-state index in [4.69, 9.17) is 11.5 Å². The molecule has 0 fully saturated rings. The number of phenols is 1. The molecular weight excluding hydrogens is 494 g/mol. The Bertz CT molecular complexity index is 928. The van der Waals surface area contributed by atoms with Gasteiger partial charge in [0.1, 0.15) is 29.9 Å². The molecule has 200 valence electrons. The monoisotopic (exact) mass is 527 g/mol. The van der Waals surface area contributed by atoms with Crippen molar-refractivity contribution in [1.29, 1.82) is 0 Å². The standard InChI is InChI=1S/C22H33N5O8S/c1-11(28)18(24)21(33)27-16(10-17(23)30)20(32)26-15(9-12-3-5-13(29)6-4-12)19(31)25-14(22(34)35)7-8-36-2/h3-6,11,14-16,18,28-29H,7-10,24H2,1-2H3,(H2,23,30)(H,25,31)(H,26,32)(H,27,33)(H,34,35). The summed E-state index contributed by atoms with van der Waals surface area (Å²) in [5.74, 6) is -4.42. The predicted molar refractivity (Wildman–Crippen MR) is 132 cm³/mol. The molecular formula is C22H33N5O8S. The lowest BCUT2D eigenvalue weighted by molar-refractivity contribution is -0.142. The molecule has 0 saturated heterocycles. The number of benzene rings is 1. The quantitative estimate of drug-likeness (QED) is 0.123. The fourth-order valence-electron chi connectivity index (χ4n) is 3.01. The third kappa shape index (κ3) is 10.5. The molecule has 1 aromatic carbocycles. The predicted octanol–water partition coefficient (Wildman–Crippen LogP) is -2.19. The third-order valence-corrected chi connectivity index (χ3v) is 5.74. The second-order valence-electron chi connectivity index (χ2n) is 8.11. The minimum Gasteiger partial charge on any atom is -0.508 e. The van der Waals surface area contributed by atoms with Crippen molar-refractivity contribution in [3.05, 3.63) is 29.8 Å². The lowest BCUT2D eigenvalue weighted by Gasteiger charge is -2.25. The first kappa shape index (κ1) is 30.7. The Labute approximate surface area is 212 Å². The van der Waals surface area contributed by atoms with Crippen molar-refractivity contribution in [3.8, 4) is 5.75 Å². The van der Waals surface area contributed by atoms with Gasteiger partial charge < -0.3 is 42.7 Å².